The number of carboxylic acid groups (broad SMARTS) is 2. The van der Waals surface area contributed by atoms with Crippen molar-refractivity contribution in [3.63, 3.8) is 0 Å². The molecule has 0 saturated heterocycles. The number of hydrogen-bond donors (Lipinski definition) is 0. The predicted octanol–water partition coefficient (Wildman–Crippen LogP) is 0.509. The molecule has 26 heavy (non-hydrogen) atoms. The van der Waals surface area contributed by atoms with Crippen molar-refractivity contribution in [2.75, 3.05) is 0 Å². The topological polar surface area (TPSA) is 98.7 Å². The van der Waals surface area contributed by atoms with E-state index in [4.69, 9.17) is 9.78 Å². The van der Waals surface area contributed by atoms with Gasteiger partial charge >= 0.3 is 0 Å². The standard InChI is InChI=1S/C20H18O6/c21-17(22)9-11-19-13-5-1-2-6-14(13)20(26-25-19,12-10-18(23)24)16-8-4-3-7-15(16)19/h1-8H,9-12H2,(H,21,22)(H,23,24)/p-2. The van der Waals surface area contributed by atoms with Crippen LogP contribution in [-0.2, 0) is 30.6 Å². The molecular weight excluding hydrogens is 336 g/mol. The van der Waals surface area contributed by atoms with E-state index in [0.717, 1.165) is 22.3 Å². The number of hydrogen-bond acceptors (Lipinski definition) is 6. The minimum absolute atomic E-state index is 0.153. The van der Waals surface area contributed by atoms with Crippen LogP contribution in [0.15, 0.2) is 48.5 Å². The average molecular weight is 352 g/mol. The Morgan fingerprint density at radius 3 is 1.27 bits per heavy atom. The van der Waals surface area contributed by atoms with E-state index in [1.54, 1.807) is 0 Å². The van der Waals surface area contributed by atoms with Crippen LogP contribution in [0.2, 0.25) is 0 Å². The van der Waals surface area contributed by atoms with Crippen LogP contribution in [0.1, 0.15) is 47.9 Å². The van der Waals surface area contributed by atoms with Crippen molar-refractivity contribution in [1.29, 1.82) is 0 Å². The molecule has 1 aliphatic carbocycles. The zero-order valence-electron chi connectivity index (χ0n) is 13.9. The fourth-order valence-electron chi connectivity index (χ4n) is 4.17. The summed E-state index contributed by atoms with van der Waals surface area (Å²) in [4.78, 5) is 33.8. The first-order valence-electron chi connectivity index (χ1n) is 8.46. The van der Waals surface area contributed by atoms with Gasteiger partial charge in [-0.25, -0.2) is 9.78 Å². The molecule has 5 rings (SSSR count). The summed E-state index contributed by atoms with van der Waals surface area (Å²) < 4.78 is 0. The molecule has 6 heteroatoms. The Bertz CT molecular complexity index is 768. The summed E-state index contributed by atoms with van der Waals surface area (Å²) in [6.45, 7) is 0. The highest BCUT2D eigenvalue weighted by molar-refractivity contribution is 5.67. The second kappa shape index (κ2) is 5.93. The average Bonchev–Trinajstić information content (AvgIpc) is 2.66. The molecule has 0 radical (unpaired) electrons. The highest BCUT2D eigenvalue weighted by Crippen LogP contribution is 2.59. The molecule has 0 fully saturated rings. The van der Waals surface area contributed by atoms with Gasteiger partial charge in [-0.05, 0) is 47.9 Å². The van der Waals surface area contributed by atoms with E-state index in [0.29, 0.717) is 0 Å². The Kier molecular flexibility index (Phi) is 3.82. The second-order valence-corrected chi connectivity index (χ2v) is 6.66. The number of benzene rings is 2. The van der Waals surface area contributed by atoms with Gasteiger partial charge in [0.15, 0.2) is 11.2 Å². The van der Waals surface area contributed by atoms with Gasteiger partial charge in [-0.3, -0.25) is 0 Å². The highest BCUT2D eigenvalue weighted by Gasteiger charge is 2.58. The van der Waals surface area contributed by atoms with Crippen molar-refractivity contribution in [3.8, 4) is 0 Å². The highest BCUT2D eigenvalue weighted by atomic mass is 17.2. The molecule has 0 spiro atoms. The maximum absolute atomic E-state index is 11.1. The van der Waals surface area contributed by atoms with Gasteiger partial charge in [0.1, 0.15) is 0 Å². The molecule has 0 N–H and O–H groups in total. The van der Waals surface area contributed by atoms with Gasteiger partial charge in [-0.2, -0.15) is 0 Å². The lowest BCUT2D eigenvalue weighted by Gasteiger charge is -2.53. The van der Waals surface area contributed by atoms with E-state index in [1.807, 2.05) is 48.5 Å². The number of carbonyl (C=O) groups excluding carboxylic acids is 2. The summed E-state index contributed by atoms with van der Waals surface area (Å²) in [5.41, 5.74) is 1.07. The smallest absolute Gasteiger partial charge is 0.155 e. The van der Waals surface area contributed by atoms with Crippen LogP contribution in [0.5, 0.6) is 0 Å². The van der Waals surface area contributed by atoms with E-state index in [-0.39, 0.29) is 25.7 Å². The molecule has 3 aliphatic rings. The fraction of sp³-hybridized carbons (Fsp3) is 0.300. The summed E-state index contributed by atoms with van der Waals surface area (Å²) >= 11 is 0. The Morgan fingerprint density at radius 2 is 1.00 bits per heavy atom. The second-order valence-electron chi connectivity index (χ2n) is 6.66. The van der Waals surface area contributed by atoms with Crippen LogP contribution in [0.3, 0.4) is 0 Å². The van der Waals surface area contributed by atoms with Crippen LogP contribution >= 0.6 is 0 Å². The van der Waals surface area contributed by atoms with Crippen molar-refractivity contribution >= 4 is 11.9 Å². The minimum atomic E-state index is -1.17. The van der Waals surface area contributed by atoms with Crippen LogP contribution < -0.4 is 10.2 Å². The molecule has 134 valence electrons. The van der Waals surface area contributed by atoms with Gasteiger partial charge in [0.2, 0.25) is 0 Å². The van der Waals surface area contributed by atoms with Crippen molar-refractivity contribution in [1.82, 2.24) is 0 Å². The molecule has 0 aromatic heterocycles. The zero-order valence-corrected chi connectivity index (χ0v) is 13.9. The van der Waals surface area contributed by atoms with Crippen molar-refractivity contribution in [2.45, 2.75) is 36.9 Å². The lowest BCUT2D eigenvalue weighted by molar-refractivity contribution is -0.432. The lowest BCUT2D eigenvalue weighted by atomic mass is 9.64. The first-order chi connectivity index (χ1) is 12.5. The van der Waals surface area contributed by atoms with Crippen LogP contribution in [-0.4, -0.2) is 11.9 Å². The molecule has 0 saturated carbocycles. The van der Waals surface area contributed by atoms with Crippen molar-refractivity contribution in [2.24, 2.45) is 0 Å². The third-order valence-electron chi connectivity index (χ3n) is 5.28. The van der Waals surface area contributed by atoms with E-state index in [9.17, 15) is 19.8 Å². The zero-order chi connectivity index (χ0) is 18.4. The Morgan fingerprint density at radius 1 is 0.692 bits per heavy atom. The van der Waals surface area contributed by atoms with Crippen LogP contribution in [0.4, 0.5) is 0 Å². The van der Waals surface area contributed by atoms with E-state index < -0.39 is 23.1 Å². The third-order valence-corrected chi connectivity index (χ3v) is 5.28. The lowest BCUT2D eigenvalue weighted by Crippen LogP contribution is -2.53. The molecule has 2 aromatic carbocycles. The molecule has 2 aromatic rings. The van der Waals surface area contributed by atoms with Crippen LogP contribution in [0, 0.1) is 0 Å². The number of fused-ring (bicyclic) bond motifs is 1. The van der Waals surface area contributed by atoms with Gasteiger partial charge in [0.25, 0.3) is 0 Å². The Hall–Kier alpha value is -2.70. The molecule has 0 amide bonds. The predicted molar refractivity (Wildman–Crippen MR) is 85.1 cm³/mol. The molecular formula is C20H16O6-2. The van der Waals surface area contributed by atoms with E-state index >= 15 is 0 Å². The molecule has 2 heterocycles. The number of carboxylic acids is 2. The van der Waals surface area contributed by atoms with Crippen molar-refractivity contribution < 1.29 is 29.6 Å². The Balaban J connectivity index is 1.93. The maximum atomic E-state index is 11.1. The molecule has 6 nitrogen and oxygen atoms in total. The largest absolute Gasteiger partial charge is 0.550 e. The monoisotopic (exact) mass is 352 g/mol. The fourth-order valence-corrected chi connectivity index (χ4v) is 4.17. The summed E-state index contributed by atoms with van der Waals surface area (Å²) in [5, 5.41) is 22.2. The number of rotatable bonds is 6. The first kappa shape index (κ1) is 16.8. The first-order valence-corrected chi connectivity index (χ1v) is 8.46. The maximum Gasteiger partial charge on any atom is 0.155 e. The van der Waals surface area contributed by atoms with Gasteiger partial charge < -0.3 is 19.8 Å². The minimum Gasteiger partial charge on any atom is -0.550 e. The van der Waals surface area contributed by atoms with Gasteiger partial charge in [0.05, 0.1) is 0 Å². The summed E-state index contributed by atoms with van der Waals surface area (Å²) in [5.74, 6) is -2.34. The summed E-state index contributed by atoms with van der Waals surface area (Å²) in [6.07, 6.45) is -0.0873. The SMILES string of the molecule is O=C([O-])CCC12OOC(CCC(=O)[O-])(c3ccccc31)c1ccccc12. The normalized spacial score (nSPS) is 25.4. The summed E-state index contributed by atoms with van der Waals surface area (Å²) in [7, 11) is 0. The third kappa shape index (κ3) is 2.26. The number of aliphatic carboxylic acids is 2. The molecule has 0 unspecified atom stereocenters. The molecule has 0 atom stereocenters. The van der Waals surface area contributed by atoms with Crippen molar-refractivity contribution in [3.05, 3.63) is 70.8 Å². The molecule has 2 aliphatic heterocycles. The van der Waals surface area contributed by atoms with Gasteiger partial charge in [-0.15, -0.1) is 0 Å². The van der Waals surface area contributed by atoms with Gasteiger partial charge in [-0.1, -0.05) is 48.5 Å². The Labute approximate surface area is 149 Å². The summed E-state index contributed by atoms with van der Waals surface area (Å²) in [6, 6.07) is 14.9. The van der Waals surface area contributed by atoms with Gasteiger partial charge in [0, 0.05) is 11.9 Å². The number of carbonyl (C=O) groups is 2. The quantitative estimate of drug-likeness (QED) is 0.703. The van der Waals surface area contributed by atoms with E-state index in [2.05, 4.69) is 0 Å². The molecule has 2 bridgehead atoms. The van der Waals surface area contributed by atoms with Crippen LogP contribution in [0.25, 0.3) is 0 Å². The van der Waals surface area contributed by atoms with E-state index in [1.165, 1.54) is 0 Å².